The maximum absolute atomic E-state index is 12.7. The maximum Gasteiger partial charge on any atom is 0.123 e. The Kier molecular flexibility index (Phi) is 4.19. The van der Waals surface area contributed by atoms with Gasteiger partial charge in [-0.1, -0.05) is 24.3 Å². The zero-order valence-corrected chi connectivity index (χ0v) is 7.76. The number of benzene rings is 1. The molecule has 1 rings (SSSR count). The summed E-state index contributed by atoms with van der Waals surface area (Å²) < 4.78 is 12.7. The fourth-order valence-corrected chi connectivity index (χ4v) is 1.06. The second-order valence-electron chi connectivity index (χ2n) is 2.83. The Morgan fingerprint density at radius 3 is 3.00 bits per heavy atom. The summed E-state index contributed by atoms with van der Waals surface area (Å²) in [5.74, 6) is -0.176. The first-order valence-corrected chi connectivity index (χ1v) is 4.39. The molecule has 0 bridgehead atoms. The molecule has 70 valence electrons. The Bertz CT molecular complexity index is 281. The topological polar surface area (TPSA) is 12.0 Å². The van der Waals surface area contributed by atoms with Crippen LogP contribution in [0.4, 0.5) is 4.39 Å². The third kappa shape index (κ3) is 3.85. The zero-order valence-electron chi connectivity index (χ0n) is 7.76. The molecule has 1 nitrogen and oxygen atoms in total. The summed E-state index contributed by atoms with van der Waals surface area (Å²) in [6.45, 7) is 3.51. The third-order valence-electron chi connectivity index (χ3n) is 1.72. The lowest BCUT2D eigenvalue weighted by Gasteiger charge is -2.01. The maximum atomic E-state index is 12.7. The normalized spacial score (nSPS) is 10.9. The molecule has 1 aromatic carbocycles. The molecule has 0 spiro atoms. The highest BCUT2D eigenvalue weighted by Crippen LogP contribution is 2.02. The van der Waals surface area contributed by atoms with Crippen molar-refractivity contribution in [1.29, 1.82) is 0 Å². The molecule has 0 heterocycles. The van der Waals surface area contributed by atoms with Crippen molar-refractivity contribution in [2.24, 2.45) is 0 Å². The van der Waals surface area contributed by atoms with Crippen molar-refractivity contribution in [2.75, 3.05) is 6.54 Å². The summed E-state index contributed by atoms with van der Waals surface area (Å²) in [6, 6.07) is 6.63. The average Bonchev–Trinajstić information content (AvgIpc) is 2.13. The van der Waals surface area contributed by atoms with E-state index in [2.05, 4.69) is 5.32 Å². The van der Waals surface area contributed by atoms with Gasteiger partial charge in [-0.2, -0.15) is 0 Å². The summed E-state index contributed by atoms with van der Waals surface area (Å²) in [6.07, 6.45) is 4.01. The van der Waals surface area contributed by atoms with E-state index in [4.69, 9.17) is 0 Å². The van der Waals surface area contributed by atoms with Gasteiger partial charge in [-0.3, -0.25) is 0 Å². The summed E-state index contributed by atoms with van der Waals surface area (Å²) >= 11 is 0. The molecule has 0 unspecified atom stereocenters. The van der Waals surface area contributed by atoms with Crippen LogP contribution in [0.1, 0.15) is 12.5 Å². The van der Waals surface area contributed by atoms with Crippen LogP contribution in [-0.4, -0.2) is 6.54 Å². The predicted molar refractivity (Wildman–Crippen MR) is 52.9 cm³/mol. The highest BCUT2D eigenvalue weighted by molar-refractivity contribution is 5.15. The second-order valence-corrected chi connectivity index (χ2v) is 2.83. The number of nitrogens with one attached hydrogen (secondary N) is 1. The van der Waals surface area contributed by atoms with E-state index in [1.165, 1.54) is 6.07 Å². The molecule has 1 N–H and O–H groups in total. The van der Waals surface area contributed by atoms with Crippen molar-refractivity contribution in [1.82, 2.24) is 5.32 Å². The summed E-state index contributed by atoms with van der Waals surface area (Å²) in [7, 11) is 0. The Balaban J connectivity index is 2.36. The van der Waals surface area contributed by atoms with Crippen LogP contribution in [0.25, 0.3) is 0 Å². The lowest BCUT2D eigenvalue weighted by Crippen LogP contribution is -2.12. The van der Waals surface area contributed by atoms with Crippen molar-refractivity contribution in [3.63, 3.8) is 0 Å². The molecule has 0 aliphatic rings. The smallest absolute Gasteiger partial charge is 0.123 e. The van der Waals surface area contributed by atoms with E-state index in [-0.39, 0.29) is 5.82 Å². The molecular formula is C11H14FN. The molecule has 0 aromatic heterocycles. The number of rotatable bonds is 4. The van der Waals surface area contributed by atoms with Crippen LogP contribution in [0, 0.1) is 5.82 Å². The van der Waals surface area contributed by atoms with E-state index in [9.17, 15) is 4.39 Å². The van der Waals surface area contributed by atoms with E-state index < -0.39 is 0 Å². The average molecular weight is 179 g/mol. The first-order chi connectivity index (χ1) is 6.33. The van der Waals surface area contributed by atoms with E-state index in [0.29, 0.717) is 6.54 Å². The molecular weight excluding hydrogens is 165 g/mol. The molecule has 0 saturated carbocycles. The van der Waals surface area contributed by atoms with Gasteiger partial charge in [0.25, 0.3) is 0 Å². The van der Waals surface area contributed by atoms with Crippen LogP contribution in [0.15, 0.2) is 36.4 Å². The highest BCUT2D eigenvalue weighted by atomic mass is 19.1. The molecule has 0 amide bonds. The van der Waals surface area contributed by atoms with Crippen LogP contribution in [0.2, 0.25) is 0 Å². The molecule has 0 aliphatic heterocycles. The Morgan fingerprint density at radius 1 is 1.46 bits per heavy atom. The Hall–Kier alpha value is -1.15. The summed E-state index contributed by atoms with van der Waals surface area (Å²) in [4.78, 5) is 0. The van der Waals surface area contributed by atoms with E-state index in [1.54, 1.807) is 12.1 Å². The second kappa shape index (κ2) is 5.49. The van der Waals surface area contributed by atoms with E-state index in [0.717, 1.165) is 12.1 Å². The van der Waals surface area contributed by atoms with Crippen LogP contribution in [-0.2, 0) is 6.54 Å². The molecule has 2 heteroatoms. The lowest BCUT2D eigenvalue weighted by atomic mass is 10.2. The van der Waals surface area contributed by atoms with Crippen LogP contribution < -0.4 is 5.32 Å². The summed E-state index contributed by atoms with van der Waals surface area (Å²) in [5.41, 5.74) is 0.976. The Morgan fingerprint density at radius 2 is 2.31 bits per heavy atom. The first-order valence-electron chi connectivity index (χ1n) is 4.39. The van der Waals surface area contributed by atoms with Gasteiger partial charge in [0.2, 0.25) is 0 Å². The van der Waals surface area contributed by atoms with Gasteiger partial charge < -0.3 is 5.32 Å². The fourth-order valence-electron chi connectivity index (χ4n) is 1.06. The van der Waals surface area contributed by atoms with E-state index >= 15 is 0 Å². The molecule has 0 fully saturated rings. The van der Waals surface area contributed by atoms with Crippen molar-refractivity contribution in [2.45, 2.75) is 13.5 Å². The van der Waals surface area contributed by atoms with Gasteiger partial charge in [-0.05, 0) is 24.6 Å². The van der Waals surface area contributed by atoms with Crippen molar-refractivity contribution in [3.05, 3.63) is 47.8 Å². The van der Waals surface area contributed by atoms with Crippen LogP contribution >= 0.6 is 0 Å². The van der Waals surface area contributed by atoms with Crippen molar-refractivity contribution in [3.8, 4) is 0 Å². The number of halogens is 1. The van der Waals surface area contributed by atoms with Crippen molar-refractivity contribution < 1.29 is 4.39 Å². The molecule has 13 heavy (non-hydrogen) atoms. The van der Waals surface area contributed by atoms with Gasteiger partial charge in [-0.25, -0.2) is 4.39 Å². The minimum atomic E-state index is -0.176. The van der Waals surface area contributed by atoms with Gasteiger partial charge in [0, 0.05) is 13.1 Å². The number of hydrogen-bond acceptors (Lipinski definition) is 1. The minimum absolute atomic E-state index is 0.176. The largest absolute Gasteiger partial charge is 0.309 e. The van der Waals surface area contributed by atoms with Crippen LogP contribution in [0.5, 0.6) is 0 Å². The predicted octanol–water partition coefficient (Wildman–Crippen LogP) is 2.49. The zero-order chi connectivity index (χ0) is 9.52. The molecule has 0 saturated heterocycles. The first kappa shape index (κ1) is 9.93. The van der Waals surface area contributed by atoms with E-state index in [1.807, 2.05) is 25.1 Å². The molecule has 0 radical (unpaired) electrons. The lowest BCUT2D eigenvalue weighted by molar-refractivity contribution is 0.623. The highest BCUT2D eigenvalue weighted by Gasteiger charge is 1.92. The van der Waals surface area contributed by atoms with Gasteiger partial charge >= 0.3 is 0 Å². The monoisotopic (exact) mass is 179 g/mol. The quantitative estimate of drug-likeness (QED) is 0.553. The minimum Gasteiger partial charge on any atom is -0.309 e. The van der Waals surface area contributed by atoms with Gasteiger partial charge in [0.1, 0.15) is 5.82 Å². The molecule has 0 atom stereocenters. The number of hydrogen-bond donors (Lipinski definition) is 1. The van der Waals surface area contributed by atoms with Gasteiger partial charge in [0.05, 0.1) is 0 Å². The molecule has 1 aromatic rings. The Labute approximate surface area is 78.3 Å². The fraction of sp³-hybridized carbons (Fsp3) is 0.273. The van der Waals surface area contributed by atoms with Crippen LogP contribution in [0.3, 0.4) is 0 Å². The van der Waals surface area contributed by atoms with Gasteiger partial charge in [0.15, 0.2) is 0 Å². The van der Waals surface area contributed by atoms with Crippen molar-refractivity contribution >= 4 is 0 Å². The molecule has 0 aliphatic carbocycles. The van der Waals surface area contributed by atoms with Gasteiger partial charge in [-0.15, -0.1) is 0 Å². The number of allylic oxidation sites excluding steroid dienone is 1. The summed E-state index contributed by atoms with van der Waals surface area (Å²) in [5, 5.41) is 3.18. The SMILES string of the molecule is C/C=C/CNCc1cccc(F)c1. The standard InChI is InChI=1S/C11H14FN/c1-2-3-7-13-9-10-5-4-6-11(12)8-10/h2-6,8,13H,7,9H2,1H3/b3-2+. The third-order valence-corrected chi connectivity index (χ3v) is 1.72.